The summed E-state index contributed by atoms with van der Waals surface area (Å²) in [5.74, 6) is -1.15. The van der Waals surface area contributed by atoms with E-state index in [9.17, 15) is 9.59 Å². The molecule has 1 aliphatic heterocycles. The molecule has 0 bridgehead atoms. The van der Waals surface area contributed by atoms with Gasteiger partial charge in [-0.1, -0.05) is 48.5 Å². The predicted octanol–water partition coefficient (Wildman–Crippen LogP) is 5.19. The van der Waals surface area contributed by atoms with E-state index >= 15 is 0 Å². The molecule has 3 aromatic carbocycles. The Kier molecular flexibility index (Phi) is 5.27. The smallest absolute Gasteiger partial charge is 0.335 e. The first-order chi connectivity index (χ1) is 14.1. The van der Waals surface area contributed by atoms with Crippen LogP contribution in [-0.4, -0.2) is 22.2 Å². The molecule has 1 N–H and O–H groups in total. The van der Waals surface area contributed by atoms with E-state index in [4.69, 9.17) is 5.11 Å². The zero-order chi connectivity index (χ0) is 20.2. The van der Waals surface area contributed by atoms with Crippen molar-refractivity contribution >= 4 is 46.3 Å². The van der Waals surface area contributed by atoms with Crippen LogP contribution in [0.25, 0.3) is 6.08 Å². The summed E-state index contributed by atoms with van der Waals surface area (Å²) < 4.78 is 0. The first-order valence-electron chi connectivity index (χ1n) is 8.88. The number of carbonyl (C=O) groups excluding carboxylic acids is 1. The Bertz CT molecular complexity index is 1110. The van der Waals surface area contributed by atoms with E-state index < -0.39 is 5.97 Å². The van der Waals surface area contributed by atoms with Crippen molar-refractivity contribution in [2.24, 2.45) is 4.99 Å². The Morgan fingerprint density at radius 3 is 2.14 bits per heavy atom. The maximum atomic E-state index is 13.1. The third-order valence-electron chi connectivity index (χ3n) is 4.26. The summed E-state index contributed by atoms with van der Waals surface area (Å²) in [5, 5.41) is 9.61. The summed E-state index contributed by atoms with van der Waals surface area (Å²) in [6, 6.07) is 25.3. The van der Waals surface area contributed by atoms with Gasteiger partial charge in [0, 0.05) is 0 Å². The van der Waals surface area contributed by atoms with Crippen molar-refractivity contribution < 1.29 is 14.7 Å². The fraction of sp³-hybridized carbons (Fsp3) is 0. The number of nitrogens with zero attached hydrogens (tertiary/aromatic N) is 2. The lowest BCUT2D eigenvalue weighted by atomic mass is 10.1. The van der Waals surface area contributed by atoms with Gasteiger partial charge in [-0.2, -0.15) is 0 Å². The van der Waals surface area contributed by atoms with Gasteiger partial charge in [-0.3, -0.25) is 9.69 Å². The van der Waals surface area contributed by atoms with Crippen molar-refractivity contribution in [3.63, 3.8) is 0 Å². The Morgan fingerprint density at radius 1 is 0.897 bits per heavy atom. The molecule has 0 unspecified atom stereocenters. The van der Waals surface area contributed by atoms with Gasteiger partial charge in [0.1, 0.15) is 0 Å². The van der Waals surface area contributed by atoms with E-state index in [2.05, 4.69) is 4.99 Å². The van der Waals surface area contributed by atoms with Crippen molar-refractivity contribution in [1.29, 1.82) is 0 Å². The highest BCUT2D eigenvalue weighted by Crippen LogP contribution is 2.37. The lowest BCUT2D eigenvalue weighted by Gasteiger charge is -2.15. The highest BCUT2D eigenvalue weighted by atomic mass is 32.2. The molecule has 0 atom stereocenters. The van der Waals surface area contributed by atoms with E-state index in [-0.39, 0.29) is 11.5 Å². The van der Waals surface area contributed by atoms with Crippen LogP contribution in [0.5, 0.6) is 0 Å². The number of carbonyl (C=O) groups is 2. The molecule has 0 radical (unpaired) electrons. The van der Waals surface area contributed by atoms with E-state index in [1.54, 1.807) is 23.1 Å². The number of carboxylic acids is 1. The molecule has 29 heavy (non-hydrogen) atoms. The largest absolute Gasteiger partial charge is 0.478 e. The van der Waals surface area contributed by atoms with E-state index in [0.29, 0.717) is 10.1 Å². The number of benzene rings is 3. The van der Waals surface area contributed by atoms with Crippen molar-refractivity contribution in [1.82, 2.24) is 0 Å². The van der Waals surface area contributed by atoms with Gasteiger partial charge in [0.05, 0.1) is 21.8 Å². The minimum absolute atomic E-state index is 0.168. The summed E-state index contributed by atoms with van der Waals surface area (Å²) in [7, 11) is 0. The second-order valence-corrected chi connectivity index (χ2v) is 7.25. The molecule has 1 saturated heterocycles. The molecule has 3 aromatic rings. The van der Waals surface area contributed by atoms with Crippen molar-refractivity contribution in [3.8, 4) is 0 Å². The molecule has 1 heterocycles. The molecule has 0 aromatic heterocycles. The number of aromatic carboxylic acids is 1. The summed E-state index contributed by atoms with van der Waals surface area (Å²) in [6.45, 7) is 0. The first-order valence-corrected chi connectivity index (χ1v) is 9.69. The summed E-state index contributed by atoms with van der Waals surface area (Å²) in [4.78, 5) is 31.0. The van der Waals surface area contributed by atoms with Crippen LogP contribution in [0.15, 0.2) is 94.8 Å². The third kappa shape index (κ3) is 4.12. The number of amides is 1. The average molecular weight is 400 g/mol. The highest BCUT2D eigenvalue weighted by molar-refractivity contribution is 8.19. The number of anilines is 1. The highest BCUT2D eigenvalue weighted by Gasteiger charge is 2.34. The molecule has 1 fully saturated rings. The van der Waals surface area contributed by atoms with Crippen molar-refractivity contribution in [3.05, 3.63) is 101 Å². The van der Waals surface area contributed by atoms with E-state index in [1.807, 2.05) is 60.7 Å². The second kappa shape index (κ2) is 8.16. The van der Waals surface area contributed by atoms with Gasteiger partial charge in [0.15, 0.2) is 5.17 Å². The predicted molar refractivity (Wildman–Crippen MR) is 116 cm³/mol. The van der Waals surface area contributed by atoms with Crippen LogP contribution in [0.1, 0.15) is 15.9 Å². The molecular weight excluding hydrogens is 384 g/mol. The molecule has 0 aliphatic carbocycles. The lowest BCUT2D eigenvalue weighted by molar-refractivity contribution is -0.113. The fourth-order valence-electron chi connectivity index (χ4n) is 2.84. The lowest BCUT2D eigenvalue weighted by Crippen LogP contribution is -2.28. The number of hydrogen-bond donors (Lipinski definition) is 1. The van der Waals surface area contributed by atoms with Gasteiger partial charge in [-0.25, -0.2) is 9.79 Å². The fourth-order valence-corrected chi connectivity index (χ4v) is 3.84. The zero-order valence-electron chi connectivity index (χ0n) is 15.2. The number of aliphatic imine (C=N–C) groups is 1. The van der Waals surface area contributed by atoms with Crippen LogP contribution in [0.4, 0.5) is 11.4 Å². The van der Waals surface area contributed by atoms with Crippen molar-refractivity contribution in [2.75, 3.05) is 4.90 Å². The molecular formula is C23H16N2O3S. The number of para-hydroxylation sites is 2. The first kappa shape index (κ1) is 18.7. The summed E-state index contributed by atoms with van der Waals surface area (Å²) in [5.41, 5.74) is 2.45. The van der Waals surface area contributed by atoms with Crippen LogP contribution in [-0.2, 0) is 4.79 Å². The van der Waals surface area contributed by atoms with Gasteiger partial charge in [-0.15, -0.1) is 0 Å². The van der Waals surface area contributed by atoms with Crippen LogP contribution in [0, 0.1) is 0 Å². The Hall–Kier alpha value is -3.64. The number of amidine groups is 1. The van der Waals surface area contributed by atoms with E-state index in [0.717, 1.165) is 16.9 Å². The van der Waals surface area contributed by atoms with Crippen molar-refractivity contribution in [2.45, 2.75) is 0 Å². The topological polar surface area (TPSA) is 70.0 Å². The molecule has 4 rings (SSSR count). The number of thioether (sulfide) groups is 1. The minimum Gasteiger partial charge on any atom is -0.478 e. The molecule has 142 valence electrons. The maximum Gasteiger partial charge on any atom is 0.335 e. The number of rotatable bonds is 4. The monoisotopic (exact) mass is 400 g/mol. The maximum absolute atomic E-state index is 13.1. The van der Waals surface area contributed by atoms with Crippen LogP contribution in [0.2, 0.25) is 0 Å². The summed E-state index contributed by atoms with van der Waals surface area (Å²) >= 11 is 1.29. The molecule has 1 amide bonds. The SMILES string of the molecule is O=C(O)c1ccc(/C=C2/SC(=Nc3ccccc3)N(c3ccccc3)C2=O)cc1. The zero-order valence-corrected chi connectivity index (χ0v) is 16.0. The third-order valence-corrected chi connectivity index (χ3v) is 5.23. The van der Waals surface area contributed by atoms with Crippen LogP contribution >= 0.6 is 11.8 Å². The van der Waals surface area contributed by atoms with Crippen LogP contribution < -0.4 is 4.90 Å². The average Bonchev–Trinajstić information content (AvgIpc) is 3.04. The van der Waals surface area contributed by atoms with Gasteiger partial charge >= 0.3 is 5.97 Å². The molecule has 6 heteroatoms. The Labute approximate surface area is 172 Å². The summed E-state index contributed by atoms with van der Waals surface area (Å²) in [6.07, 6.45) is 1.75. The molecule has 0 spiro atoms. The van der Waals surface area contributed by atoms with Gasteiger partial charge in [-0.05, 0) is 59.8 Å². The Morgan fingerprint density at radius 2 is 1.52 bits per heavy atom. The Balaban J connectivity index is 1.72. The van der Waals surface area contributed by atoms with Gasteiger partial charge in [0.2, 0.25) is 0 Å². The second-order valence-electron chi connectivity index (χ2n) is 6.24. The van der Waals surface area contributed by atoms with Gasteiger partial charge < -0.3 is 5.11 Å². The number of carboxylic acid groups (broad SMARTS) is 1. The quantitative estimate of drug-likeness (QED) is 0.612. The standard InChI is InChI=1S/C23H16N2O3S/c26-21-20(15-16-11-13-17(14-12-16)22(27)28)29-23(24-18-7-3-1-4-8-18)25(21)19-9-5-2-6-10-19/h1-15H,(H,27,28)/b20-15+,24-23?. The molecule has 1 aliphatic rings. The minimum atomic E-state index is -0.983. The number of hydrogen-bond acceptors (Lipinski definition) is 4. The molecule has 0 saturated carbocycles. The van der Waals surface area contributed by atoms with E-state index in [1.165, 1.54) is 23.9 Å². The van der Waals surface area contributed by atoms with Crippen LogP contribution in [0.3, 0.4) is 0 Å². The molecule has 5 nitrogen and oxygen atoms in total. The normalized spacial score (nSPS) is 16.6. The van der Waals surface area contributed by atoms with Gasteiger partial charge in [0.25, 0.3) is 5.91 Å².